The smallest absolute Gasteiger partial charge is 0.0715 e. The van der Waals surface area contributed by atoms with Crippen LogP contribution >= 0.6 is 11.6 Å². The molecule has 138 valence electrons. The van der Waals surface area contributed by atoms with Gasteiger partial charge in [0.1, 0.15) is 0 Å². The maximum atomic E-state index is 8.85. The maximum Gasteiger partial charge on any atom is 0.0715 e. The molecule has 1 aliphatic rings. The zero-order chi connectivity index (χ0) is 18.6. The molecule has 0 spiro atoms. The van der Waals surface area contributed by atoms with E-state index in [1.54, 1.807) is 0 Å². The molecule has 1 aliphatic heterocycles. The molecule has 3 aromatic rings. The average molecular weight is 379 g/mol. The van der Waals surface area contributed by atoms with Crippen LogP contribution in [0, 0.1) is 11.3 Å². The third-order valence-electron chi connectivity index (χ3n) is 5.54. The first kappa shape index (κ1) is 18.0. The Morgan fingerprint density at radius 3 is 2.81 bits per heavy atom. The van der Waals surface area contributed by atoms with E-state index < -0.39 is 0 Å². The van der Waals surface area contributed by atoms with Crippen molar-refractivity contribution in [3.05, 3.63) is 59.5 Å². The zero-order valence-corrected chi connectivity index (χ0v) is 16.1. The number of hydrogen-bond donors (Lipinski definition) is 0. The summed E-state index contributed by atoms with van der Waals surface area (Å²) in [5.41, 5.74) is 3.65. The summed E-state index contributed by atoms with van der Waals surface area (Å²) in [5, 5.41) is 10.9. The lowest BCUT2D eigenvalue weighted by Crippen LogP contribution is -2.25. The minimum atomic E-state index is 0.538. The standard InChI is InChI=1S/C22H23ClN4/c23-18-4-6-19(7-5-18)27-16-21(20-8-11-25-15-22(20)27)17-3-1-12-26(14-9-17)13-2-10-24/h4-8,11,15-17H,1-3,9,12-14H2. The largest absolute Gasteiger partial charge is 0.315 e. The number of rotatable bonds is 4. The number of halogens is 1. The summed E-state index contributed by atoms with van der Waals surface area (Å²) in [6, 6.07) is 12.4. The van der Waals surface area contributed by atoms with Crippen molar-refractivity contribution in [2.24, 2.45) is 0 Å². The van der Waals surface area contributed by atoms with Gasteiger partial charge in [0.25, 0.3) is 0 Å². The van der Waals surface area contributed by atoms with Crippen LogP contribution in [0.25, 0.3) is 16.6 Å². The highest BCUT2D eigenvalue weighted by Gasteiger charge is 2.22. The molecule has 1 aromatic carbocycles. The number of benzene rings is 1. The molecule has 0 amide bonds. The molecule has 2 aromatic heterocycles. The predicted octanol–water partition coefficient (Wildman–Crippen LogP) is 5.16. The van der Waals surface area contributed by atoms with Crippen molar-refractivity contribution in [3.8, 4) is 11.8 Å². The fourth-order valence-corrected chi connectivity index (χ4v) is 4.27. The molecule has 0 N–H and O–H groups in total. The van der Waals surface area contributed by atoms with Gasteiger partial charge in [-0.2, -0.15) is 5.26 Å². The topological polar surface area (TPSA) is 44.9 Å². The van der Waals surface area contributed by atoms with E-state index in [0.29, 0.717) is 12.3 Å². The van der Waals surface area contributed by atoms with Crippen molar-refractivity contribution in [3.63, 3.8) is 0 Å². The molecule has 0 radical (unpaired) electrons. The Labute approximate surface area is 165 Å². The van der Waals surface area contributed by atoms with Crippen LogP contribution in [0.4, 0.5) is 0 Å². The van der Waals surface area contributed by atoms with Gasteiger partial charge in [0.15, 0.2) is 0 Å². The quantitative estimate of drug-likeness (QED) is 0.629. The molecule has 1 unspecified atom stereocenters. The first-order valence-electron chi connectivity index (χ1n) is 9.56. The van der Waals surface area contributed by atoms with Gasteiger partial charge < -0.3 is 9.47 Å². The van der Waals surface area contributed by atoms with Gasteiger partial charge in [-0.1, -0.05) is 11.6 Å². The second kappa shape index (κ2) is 8.12. The van der Waals surface area contributed by atoms with Gasteiger partial charge in [-0.15, -0.1) is 0 Å². The Morgan fingerprint density at radius 1 is 1.15 bits per heavy atom. The van der Waals surface area contributed by atoms with Crippen molar-refractivity contribution in [2.75, 3.05) is 19.6 Å². The molecule has 3 heterocycles. The van der Waals surface area contributed by atoms with E-state index in [1.807, 2.05) is 24.5 Å². The van der Waals surface area contributed by atoms with Gasteiger partial charge in [0, 0.05) is 41.5 Å². The lowest BCUT2D eigenvalue weighted by Gasteiger charge is -2.18. The van der Waals surface area contributed by atoms with Crippen LogP contribution in [0.2, 0.25) is 5.02 Å². The molecule has 4 rings (SSSR count). The van der Waals surface area contributed by atoms with Crippen LogP contribution in [0.5, 0.6) is 0 Å². The second-order valence-corrected chi connectivity index (χ2v) is 7.64. The van der Waals surface area contributed by atoms with Crippen LogP contribution < -0.4 is 0 Å². The SMILES string of the molecule is N#CCCN1CCCC(c2cn(-c3ccc(Cl)cc3)c3cnccc23)CC1. The third-order valence-corrected chi connectivity index (χ3v) is 5.80. The fraction of sp³-hybridized carbons (Fsp3) is 0.364. The van der Waals surface area contributed by atoms with Crippen LogP contribution in [0.1, 0.15) is 37.2 Å². The van der Waals surface area contributed by atoms with E-state index in [4.69, 9.17) is 16.9 Å². The maximum absolute atomic E-state index is 8.85. The minimum absolute atomic E-state index is 0.538. The number of nitrogens with zero attached hydrogens (tertiary/aromatic N) is 4. The van der Waals surface area contributed by atoms with E-state index in [9.17, 15) is 0 Å². The van der Waals surface area contributed by atoms with Crippen molar-refractivity contribution in [1.82, 2.24) is 14.5 Å². The van der Waals surface area contributed by atoms with Gasteiger partial charge in [-0.05, 0) is 74.2 Å². The Kier molecular flexibility index (Phi) is 5.42. The molecule has 0 bridgehead atoms. The minimum Gasteiger partial charge on any atom is -0.315 e. The second-order valence-electron chi connectivity index (χ2n) is 7.20. The number of aromatic nitrogens is 2. The zero-order valence-electron chi connectivity index (χ0n) is 15.3. The molecular weight excluding hydrogens is 356 g/mol. The van der Waals surface area contributed by atoms with E-state index in [-0.39, 0.29) is 0 Å². The first-order valence-corrected chi connectivity index (χ1v) is 9.94. The highest BCUT2D eigenvalue weighted by Crippen LogP contribution is 2.35. The molecule has 4 nitrogen and oxygen atoms in total. The van der Waals surface area contributed by atoms with Gasteiger partial charge in [-0.3, -0.25) is 4.98 Å². The molecule has 5 heteroatoms. The van der Waals surface area contributed by atoms with Crippen LogP contribution in [0.3, 0.4) is 0 Å². The van der Waals surface area contributed by atoms with Crippen molar-refractivity contribution in [1.29, 1.82) is 5.26 Å². The van der Waals surface area contributed by atoms with Crippen LogP contribution in [-0.2, 0) is 0 Å². The lowest BCUT2D eigenvalue weighted by molar-refractivity contribution is 0.290. The Hall–Kier alpha value is -2.35. The molecule has 0 aliphatic carbocycles. The summed E-state index contributed by atoms with van der Waals surface area (Å²) in [7, 11) is 0. The van der Waals surface area contributed by atoms with E-state index in [1.165, 1.54) is 23.8 Å². The predicted molar refractivity (Wildman–Crippen MR) is 109 cm³/mol. The van der Waals surface area contributed by atoms with Gasteiger partial charge in [0.05, 0.1) is 17.8 Å². The van der Waals surface area contributed by atoms with Gasteiger partial charge >= 0.3 is 0 Å². The Balaban J connectivity index is 1.66. The van der Waals surface area contributed by atoms with Gasteiger partial charge in [-0.25, -0.2) is 0 Å². The number of hydrogen-bond acceptors (Lipinski definition) is 3. The molecule has 1 saturated heterocycles. The van der Waals surface area contributed by atoms with E-state index in [0.717, 1.165) is 42.3 Å². The summed E-state index contributed by atoms with van der Waals surface area (Å²) in [4.78, 5) is 6.79. The molecule has 1 atom stereocenters. The number of nitriles is 1. The molecule has 27 heavy (non-hydrogen) atoms. The van der Waals surface area contributed by atoms with Crippen LogP contribution in [0.15, 0.2) is 48.9 Å². The average Bonchev–Trinajstić information content (AvgIpc) is 2.92. The molecule has 0 saturated carbocycles. The normalized spacial score (nSPS) is 18.3. The van der Waals surface area contributed by atoms with Gasteiger partial charge in [0.2, 0.25) is 0 Å². The van der Waals surface area contributed by atoms with Crippen molar-refractivity contribution >= 4 is 22.5 Å². The summed E-state index contributed by atoms with van der Waals surface area (Å²) in [6.07, 6.45) is 10.2. The summed E-state index contributed by atoms with van der Waals surface area (Å²) < 4.78 is 2.23. The number of fused-ring (bicyclic) bond motifs is 1. The highest BCUT2D eigenvalue weighted by atomic mass is 35.5. The summed E-state index contributed by atoms with van der Waals surface area (Å²) >= 11 is 6.07. The van der Waals surface area contributed by atoms with E-state index >= 15 is 0 Å². The van der Waals surface area contributed by atoms with Crippen molar-refractivity contribution < 1.29 is 0 Å². The monoisotopic (exact) mass is 378 g/mol. The summed E-state index contributed by atoms with van der Waals surface area (Å²) in [6.45, 7) is 3.04. The van der Waals surface area contributed by atoms with Crippen molar-refractivity contribution in [2.45, 2.75) is 31.6 Å². The summed E-state index contributed by atoms with van der Waals surface area (Å²) in [5.74, 6) is 0.538. The van der Waals surface area contributed by atoms with Crippen LogP contribution in [-0.4, -0.2) is 34.1 Å². The third kappa shape index (κ3) is 3.85. The first-order chi connectivity index (χ1) is 13.3. The molecular formula is C22H23ClN4. The number of pyridine rings is 1. The molecule has 1 fully saturated rings. The fourth-order valence-electron chi connectivity index (χ4n) is 4.14. The lowest BCUT2D eigenvalue weighted by atomic mass is 9.92. The number of likely N-dealkylation sites (tertiary alicyclic amines) is 1. The van der Waals surface area contributed by atoms with E-state index in [2.05, 4.69) is 44.9 Å². The Morgan fingerprint density at radius 2 is 2.00 bits per heavy atom. The Bertz CT molecular complexity index is 955. The highest BCUT2D eigenvalue weighted by molar-refractivity contribution is 6.30.